The van der Waals surface area contributed by atoms with Gasteiger partial charge in [0.1, 0.15) is 23.1 Å². The highest BCUT2D eigenvalue weighted by Crippen LogP contribution is 2.29. The lowest BCUT2D eigenvalue weighted by atomic mass is 10.3. The molecule has 1 rings (SSSR count). The zero-order chi connectivity index (χ0) is 16.4. The average molecular weight is 404 g/mol. The van der Waals surface area contributed by atoms with Crippen molar-refractivity contribution >= 4 is 35.8 Å². The minimum absolute atomic E-state index is 0.00106. The molecule has 0 fully saturated rings. The van der Waals surface area contributed by atoms with Crippen LogP contribution in [-0.2, 0) is 19.9 Å². The molecule has 10 heteroatoms. The third-order valence-corrected chi connectivity index (χ3v) is 6.35. The first-order valence-electron chi connectivity index (χ1n) is 5.81. The Hall–Kier alpha value is -0.710. The van der Waals surface area contributed by atoms with Crippen LogP contribution in [0.4, 0.5) is 4.39 Å². The predicted molar refractivity (Wildman–Crippen MR) is 79.9 cm³/mol. The van der Waals surface area contributed by atoms with Crippen LogP contribution in [0.3, 0.4) is 0 Å². The lowest BCUT2D eigenvalue weighted by Gasteiger charge is -2.11. The fraction of sp³-hybridized carbons (Fsp3) is 0.455. The Bertz CT molecular complexity index is 731. The fourth-order valence-corrected chi connectivity index (χ4v) is 3.35. The van der Waals surface area contributed by atoms with Gasteiger partial charge in [0.25, 0.3) is 0 Å². The molecule has 0 bridgehead atoms. The summed E-state index contributed by atoms with van der Waals surface area (Å²) in [4.78, 5) is -0.670. The molecule has 0 amide bonds. The van der Waals surface area contributed by atoms with E-state index in [1.54, 1.807) is 13.8 Å². The summed E-state index contributed by atoms with van der Waals surface area (Å²) in [6, 6.07) is 1.81. The Morgan fingerprint density at radius 2 is 1.86 bits per heavy atom. The number of ether oxygens (including phenoxy) is 1. The summed E-state index contributed by atoms with van der Waals surface area (Å²) in [5.41, 5.74) is 0. The molecule has 0 aliphatic carbocycles. The maximum atomic E-state index is 13.6. The zero-order valence-electron chi connectivity index (χ0n) is 11.3. The Balaban J connectivity index is 2.90. The van der Waals surface area contributed by atoms with Gasteiger partial charge in [-0.1, -0.05) is 0 Å². The van der Waals surface area contributed by atoms with E-state index < -0.39 is 35.8 Å². The number of halogens is 2. The minimum atomic E-state index is -4.18. The van der Waals surface area contributed by atoms with E-state index in [0.717, 1.165) is 12.1 Å². The van der Waals surface area contributed by atoms with Crippen LogP contribution < -0.4 is 9.88 Å². The van der Waals surface area contributed by atoms with Gasteiger partial charge in [-0.3, -0.25) is 0 Å². The summed E-state index contributed by atoms with van der Waals surface area (Å²) < 4.78 is 64.4. The van der Waals surface area contributed by atoms with Gasteiger partial charge in [0.15, 0.2) is 9.84 Å². The second-order valence-electron chi connectivity index (χ2n) is 4.52. The molecule has 120 valence electrons. The Kier molecular flexibility index (Phi) is 5.76. The number of primary sulfonamides is 1. The molecule has 0 aliphatic heterocycles. The van der Waals surface area contributed by atoms with Crippen molar-refractivity contribution in [2.45, 2.75) is 24.0 Å². The molecule has 1 aromatic rings. The van der Waals surface area contributed by atoms with E-state index in [2.05, 4.69) is 15.9 Å². The standard InChI is InChI=1S/C11H15BrFNO5S2/c1-7(2)20(15,16)4-3-19-10-6-9(13)11(5-8(10)12)21(14,17)18/h5-7H,3-4H2,1-2H3,(H2,14,17,18). The van der Waals surface area contributed by atoms with Crippen LogP contribution in [0.15, 0.2) is 21.5 Å². The Morgan fingerprint density at radius 1 is 1.29 bits per heavy atom. The van der Waals surface area contributed by atoms with Crippen LogP contribution >= 0.6 is 15.9 Å². The molecule has 0 radical (unpaired) electrons. The third kappa shape index (κ3) is 4.90. The average Bonchev–Trinajstić information content (AvgIpc) is 2.31. The predicted octanol–water partition coefficient (Wildman–Crippen LogP) is 1.44. The lowest BCUT2D eigenvalue weighted by Crippen LogP contribution is -2.22. The molecule has 0 saturated heterocycles. The minimum Gasteiger partial charge on any atom is -0.491 e. The molecule has 0 unspecified atom stereocenters. The smallest absolute Gasteiger partial charge is 0.241 e. The lowest BCUT2D eigenvalue weighted by molar-refractivity contribution is 0.335. The highest BCUT2D eigenvalue weighted by Gasteiger charge is 2.19. The van der Waals surface area contributed by atoms with Crippen molar-refractivity contribution in [2.75, 3.05) is 12.4 Å². The quantitative estimate of drug-likeness (QED) is 0.773. The third-order valence-electron chi connectivity index (χ3n) is 2.64. The number of rotatable bonds is 6. The first-order valence-corrected chi connectivity index (χ1v) is 9.87. The van der Waals surface area contributed by atoms with Gasteiger partial charge in [-0.25, -0.2) is 26.4 Å². The summed E-state index contributed by atoms with van der Waals surface area (Å²) in [5, 5.41) is 4.32. The first kappa shape index (κ1) is 18.3. The van der Waals surface area contributed by atoms with Crippen LogP contribution in [0.1, 0.15) is 13.8 Å². The largest absolute Gasteiger partial charge is 0.491 e. The number of hydrogen-bond acceptors (Lipinski definition) is 5. The van der Waals surface area contributed by atoms with E-state index in [-0.39, 0.29) is 22.6 Å². The van der Waals surface area contributed by atoms with Crippen molar-refractivity contribution in [1.29, 1.82) is 0 Å². The van der Waals surface area contributed by atoms with Gasteiger partial charge in [0.05, 0.1) is 15.5 Å². The van der Waals surface area contributed by atoms with E-state index in [1.165, 1.54) is 0 Å². The van der Waals surface area contributed by atoms with Gasteiger partial charge in [-0.2, -0.15) is 0 Å². The maximum Gasteiger partial charge on any atom is 0.241 e. The second-order valence-corrected chi connectivity index (χ2v) is 9.58. The van der Waals surface area contributed by atoms with Crippen LogP contribution in [0.25, 0.3) is 0 Å². The van der Waals surface area contributed by atoms with Gasteiger partial charge in [0.2, 0.25) is 10.0 Å². The van der Waals surface area contributed by atoms with Gasteiger partial charge < -0.3 is 4.74 Å². The van der Waals surface area contributed by atoms with Crippen LogP contribution in [0, 0.1) is 5.82 Å². The van der Waals surface area contributed by atoms with E-state index in [1.807, 2.05) is 0 Å². The van der Waals surface area contributed by atoms with Crippen LogP contribution in [0.5, 0.6) is 5.75 Å². The van der Waals surface area contributed by atoms with Gasteiger partial charge in [-0.05, 0) is 35.8 Å². The Labute approximate surface area is 131 Å². The van der Waals surface area contributed by atoms with E-state index in [0.29, 0.717) is 0 Å². The maximum absolute atomic E-state index is 13.6. The first-order chi connectivity index (χ1) is 9.45. The van der Waals surface area contributed by atoms with Crippen molar-refractivity contribution in [3.63, 3.8) is 0 Å². The number of hydrogen-bond donors (Lipinski definition) is 1. The SMILES string of the molecule is CC(C)S(=O)(=O)CCOc1cc(F)c(S(N)(=O)=O)cc1Br. The number of sulfone groups is 1. The van der Waals surface area contributed by atoms with E-state index >= 15 is 0 Å². The van der Waals surface area contributed by atoms with Crippen LogP contribution in [-0.4, -0.2) is 34.4 Å². The van der Waals surface area contributed by atoms with Crippen molar-refractivity contribution in [3.8, 4) is 5.75 Å². The summed E-state index contributed by atoms with van der Waals surface area (Å²) in [7, 11) is -7.46. The molecule has 0 heterocycles. The van der Waals surface area contributed by atoms with Crippen molar-refractivity contribution in [1.82, 2.24) is 0 Å². The molecule has 1 aromatic carbocycles. The molecule has 21 heavy (non-hydrogen) atoms. The topological polar surface area (TPSA) is 104 Å². The number of benzene rings is 1. The fourth-order valence-electron chi connectivity index (χ4n) is 1.34. The molecule has 6 nitrogen and oxygen atoms in total. The summed E-state index contributed by atoms with van der Waals surface area (Å²) >= 11 is 3.02. The molecular weight excluding hydrogens is 389 g/mol. The van der Waals surface area contributed by atoms with E-state index in [9.17, 15) is 21.2 Å². The highest BCUT2D eigenvalue weighted by molar-refractivity contribution is 9.10. The second kappa shape index (κ2) is 6.59. The molecule has 0 spiro atoms. The summed E-state index contributed by atoms with van der Waals surface area (Å²) in [5.74, 6) is -1.29. The number of sulfonamides is 1. The molecule has 2 N–H and O–H groups in total. The molecule has 0 saturated carbocycles. The molecular formula is C11H15BrFNO5S2. The molecule has 0 aromatic heterocycles. The zero-order valence-corrected chi connectivity index (χ0v) is 14.6. The summed E-state index contributed by atoms with van der Waals surface area (Å²) in [6.45, 7) is 2.92. The van der Waals surface area contributed by atoms with Gasteiger partial charge >= 0.3 is 0 Å². The van der Waals surface area contributed by atoms with Gasteiger partial charge in [-0.15, -0.1) is 0 Å². The highest BCUT2D eigenvalue weighted by atomic mass is 79.9. The number of nitrogens with two attached hydrogens (primary N) is 1. The molecule has 0 aliphatic rings. The monoisotopic (exact) mass is 403 g/mol. The van der Waals surface area contributed by atoms with Gasteiger partial charge in [0, 0.05) is 6.07 Å². The molecule has 0 atom stereocenters. The van der Waals surface area contributed by atoms with E-state index in [4.69, 9.17) is 9.88 Å². The summed E-state index contributed by atoms with van der Waals surface area (Å²) in [6.07, 6.45) is 0. The van der Waals surface area contributed by atoms with Crippen molar-refractivity contribution < 1.29 is 26.0 Å². The normalized spacial score (nSPS) is 12.7. The Morgan fingerprint density at radius 3 is 2.33 bits per heavy atom. The van der Waals surface area contributed by atoms with Crippen molar-refractivity contribution in [3.05, 3.63) is 22.4 Å². The van der Waals surface area contributed by atoms with Crippen molar-refractivity contribution in [2.24, 2.45) is 5.14 Å². The van der Waals surface area contributed by atoms with Crippen LogP contribution in [0.2, 0.25) is 0 Å².